The van der Waals surface area contributed by atoms with Crippen molar-refractivity contribution in [2.45, 2.75) is 52.1 Å². The highest BCUT2D eigenvalue weighted by molar-refractivity contribution is 5.80. The Balaban J connectivity index is 2.18. The van der Waals surface area contributed by atoms with E-state index in [4.69, 9.17) is 9.73 Å². The van der Waals surface area contributed by atoms with E-state index in [1.165, 1.54) is 18.4 Å². The van der Waals surface area contributed by atoms with Gasteiger partial charge >= 0.3 is 0 Å². The van der Waals surface area contributed by atoms with Gasteiger partial charge in [-0.2, -0.15) is 0 Å². The van der Waals surface area contributed by atoms with Gasteiger partial charge in [-0.1, -0.05) is 19.1 Å². The Hall–Kier alpha value is -1.75. The summed E-state index contributed by atoms with van der Waals surface area (Å²) in [6.07, 6.45) is 3.63. The van der Waals surface area contributed by atoms with Crippen molar-refractivity contribution in [3.05, 3.63) is 29.8 Å². The van der Waals surface area contributed by atoms with Crippen LogP contribution < -0.4 is 15.4 Å². The summed E-state index contributed by atoms with van der Waals surface area (Å²) >= 11 is 0. The SMILES string of the molecule is CCNC(=NCC(c1cccc(OC)c1)N1CCCC1)NC(C)CC. The first kappa shape index (κ1) is 19.6. The predicted molar refractivity (Wildman–Crippen MR) is 105 cm³/mol. The highest BCUT2D eigenvalue weighted by Crippen LogP contribution is 2.27. The molecule has 0 spiro atoms. The van der Waals surface area contributed by atoms with Gasteiger partial charge in [0.05, 0.1) is 19.7 Å². The lowest BCUT2D eigenvalue weighted by molar-refractivity contribution is 0.251. The second-order valence-corrected chi connectivity index (χ2v) is 6.71. The highest BCUT2D eigenvalue weighted by Gasteiger charge is 2.23. The molecule has 2 unspecified atom stereocenters. The Morgan fingerprint density at radius 1 is 1.28 bits per heavy atom. The third-order valence-electron chi connectivity index (χ3n) is 4.82. The number of guanidine groups is 1. The number of methoxy groups -OCH3 is 1. The van der Waals surface area contributed by atoms with Crippen LogP contribution in [0.2, 0.25) is 0 Å². The Bertz CT molecular complexity index is 540. The molecule has 1 aromatic carbocycles. The van der Waals surface area contributed by atoms with Crippen molar-refractivity contribution in [2.75, 3.05) is 33.3 Å². The van der Waals surface area contributed by atoms with Crippen molar-refractivity contribution in [1.82, 2.24) is 15.5 Å². The first-order chi connectivity index (χ1) is 12.2. The molecule has 25 heavy (non-hydrogen) atoms. The molecule has 2 atom stereocenters. The first-order valence-electron chi connectivity index (χ1n) is 9.60. The Morgan fingerprint density at radius 3 is 2.68 bits per heavy atom. The van der Waals surface area contributed by atoms with E-state index in [1.807, 2.05) is 6.07 Å². The van der Waals surface area contributed by atoms with Gasteiger partial charge in [0.15, 0.2) is 5.96 Å². The summed E-state index contributed by atoms with van der Waals surface area (Å²) in [6, 6.07) is 9.13. The molecular weight excluding hydrogens is 312 g/mol. The quantitative estimate of drug-likeness (QED) is 0.561. The lowest BCUT2D eigenvalue weighted by atomic mass is 10.1. The summed E-state index contributed by atoms with van der Waals surface area (Å²) in [5.41, 5.74) is 1.28. The van der Waals surface area contributed by atoms with Gasteiger partial charge in [0.25, 0.3) is 0 Å². The zero-order chi connectivity index (χ0) is 18.1. The number of aliphatic imine (C=N–C) groups is 1. The van der Waals surface area contributed by atoms with E-state index in [9.17, 15) is 0 Å². The average molecular weight is 347 g/mol. The van der Waals surface area contributed by atoms with Gasteiger partial charge in [-0.05, 0) is 63.9 Å². The molecule has 0 bridgehead atoms. The molecule has 1 aliphatic heterocycles. The third kappa shape index (κ3) is 5.92. The monoisotopic (exact) mass is 346 g/mol. The maximum atomic E-state index is 5.42. The van der Waals surface area contributed by atoms with E-state index in [1.54, 1.807) is 7.11 Å². The normalized spacial score (nSPS) is 18.0. The highest BCUT2D eigenvalue weighted by atomic mass is 16.5. The molecule has 0 amide bonds. The molecule has 1 heterocycles. The van der Waals surface area contributed by atoms with Crippen LogP contribution in [0.3, 0.4) is 0 Å². The zero-order valence-corrected chi connectivity index (χ0v) is 16.2. The van der Waals surface area contributed by atoms with Crippen LogP contribution in [0.25, 0.3) is 0 Å². The minimum Gasteiger partial charge on any atom is -0.497 e. The summed E-state index contributed by atoms with van der Waals surface area (Å²) in [7, 11) is 1.72. The smallest absolute Gasteiger partial charge is 0.191 e. The molecule has 0 radical (unpaired) electrons. The van der Waals surface area contributed by atoms with Crippen molar-refractivity contribution < 1.29 is 4.74 Å². The number of hydrogen-bond donors (Lipinski definition) is 2. The fourth-order valence-corrected chi connectivity index (χ4v) is 3.17. The summed E-state index contributed by atoms with van der Waals surface area (Å²) in [4.78, 5) is 7.44. The van der Waals surface area contributed by atoms with Gasteiger partial charge in [-0.25, -0.2) is 0 Å². The number of benzene rings is 1. The average Bonchev–Trinajstić information content (AvgIpc) is 3.16. The van der Waals surface area contributed by atoms with Crippen LogP contribution in [0.5, 0.6) is 5.75 Å². The second-order valence-electron chi connectivity index (χ2n) is 6.71. The Labute approximate surface area is 152 Å². The molecule has 2 N–H and O–H groups in total. The molecule has 1 saturated heterocycles. The largest absolute Gasteiger partial charge is 0.497 e. The number of nitrogens with one attached hydrogen (secondary N) is 2. The van der Waals surface area contributed by atoms with Crippen LogP contribution in [-0.4, -0.2) is 50.2 Å². The summed E-state index contributed by atoms with van der Waals surface area (Å²) in [6.45, 7) is 10.4. The lowest BCUT2D eigenvalue weighted by Crippen LogP contribution is -2.42. The number of ether oxygens (including phenoxy) is 1. The van der Waals surface area contributed by atoms with E-state index >= 15 is 0 Å². The van der Waals surface area contributed by atoms with Gasteiger partial charge in [-0.3, -0.25) is 9.89 Å². The maximum Gasteiger partial charge on any atom is 0.191 e. The van der Waals surface area contributed by atoms with E-state index in [-0.39, 0.29) is 0 Å². The molecule has 1 aliphatic rings. The molecule has 0 saturated carbocycles. The van der Waals surface area contributed by atoms with Crippen molar-refractivity contribution in [1.29, 1.82) is 0 Å². The maximum absolute atomic E-state index is 5.42. The predicted octanol–water partition coefficient (Wildman–Crippen LogP) is 3.19. The first-order valence-corrected chi connectivity index (χ1v) is 9.60. The Morgan fingerprint density at radius 2 is 2.04 bits per heavy atom. The van der Waals surface area contributed by atoms with Gasteiger partial charge < -0.3 is 15.4 Å². The van der Waals surface area contributed by atoms with Crippen molar-refractivity contribution in [3.63, 3.8) is 0 Å². The second kappa shape index (κ2) is 10.3. The number of nitrogens with zero attached hydrogens (tertiary/aromatic N) is 2. The molecule has 1 aromatic rings. The third-order valence-corrected chi connectivity index (χ3v) is 4.82. The van der Waals surface area contributed by atoms with E-state index < -0.39 is 0 Å². The summed E-state index contributed by atoms with van der Waals surface area (Å²) in [5, 5.41) is 6.85. The van der Waals surface area contributed by atoms with Crippen molar-refractivity contribution >= 4 is 5.96 Å². The molecule has 1 fully saturated rings. The van der Waals surface area contributed by atoms with E-state index in [2.05, 4.69) is 54.5 Å². The van der Waals surface area contributed by atoms with Crippen molar-refractivity contribution in [2.24, 2.45) is 4.99 Å². The van der Waals surface area contributed by atoms with Crippen LogP contribution in [0.4, 0.5) is 0 Å². The van der Waals surface area contributed by atoms with Crippen LogP contribution in [-0.2, 0) is 0 Å². The fourth-order valence-electron chi connectivity index (χ4n) is 3.17. The van der Waals surface area contributed by atoms with E-state index in [0.29, 0.717) is 12.1 Å². The van der Waals surface area contributed by atoms with Crippen LogP contribution in [0, 0.1) is 0 Å². The number of hydrogen-bond acceptors (Lipinski definition) is 3. The minimum absolute atomic E-state index is 0.296. The molecular formula is C20H34N4O. The zero-order valence-electron chi connectivity index (χ0n) is 16.2. The number of likely N-dealkylation sites (tertiary alicyclic amines) is 1. The van der Waals surface area contributed by atoms with Gasteiger partial charge in [0.1, 0.15) is 5.75 Å². The van der Waals surface area contributed by atoms with Crippen molar-refractivity contribution in [3.8, 4) is 5.75 Å². The lowest BCUT2D eigenvalue weighted by Gasteiger charge is -2.27. The number of rotatable bonds is 8. The minimum atomic E-state index is 0.296. The van der Waals surface area contributed by atoms with E-state index in [0.717, 1.165) is 44.3 Å². The molecule has 5 nitrogen and oxygen atoms in total. The molecule has 0 aromatic heterocycles. The molecule has 0 aliphatic carbocycles. The molecule has 5 heteroatoms. The van der Waals surface area contributed by atoms with Crippen LogP contribution in [0.1, 0.15) is 51.6 Å². The summed E-state index contributed by atoms with van der Waals surface area (Å²) in [5.74, 6) is 1.82. The topological polar surface area (TPSA) is 48.9 Å². The molecule has 140 valence electrons. The Kier molecular flexibility index (Phi) is 8.06. The van der Waals surface area contributed by atoms with Gasteiger partial charge in [-0.15, -0.1) is 0 Å². The fraction of sp³-hybridized carbons (Fsp3) is 0.650. The van der Waals surface area contributed by atoms with Gasteiger partial charge in [0.2, 0.25) is 0 Å². The summed E-state index contributed by atoms with van der Waals surface area (Å²) < 4.78 is 5.42. The molecule has 2 rings (SSSR count). The van der Waals surface area contributed by atoms with Crippen LogP contribution >= 0.6 is 0 Å². The van der Waals surface area contributed by atoms with Gasteiger partial charge in [0, 0.05) is 12.6 Å². The van der Waals surface area contributed by atoms with Crippen LogP contribution in [0.15, 0.2) is 29.3 Å². The standard InChI is InChI=1S/C20H34N4O/c1-5-16(3)23-20(21-6-2)22-15-19(24-12-7-8-13-24)17-10-9-11-18(14-17)25-4/h9-11,14,16,19H,5-8,12-13,15H2,1-4H3,(H2,21,22,23).